The Bertz CT molecular complexity index is 578. The lowest BCUT2D eigenvalue weighted by Gasteiger charge is -2.08. The summed E-state index contributed by atoms with van der Waals surface area (Å²) in [6.07, 6.45) is 2.90. The zero-order valence-corrected chi connectivity index (χ0v) is 13.3. The number of amides is 1. The molecule has 21 heavy (non-hydrogen) atoms. The fourth-order valence-corrected chi connectivity index (χ4v) is 4.58. The summed E-state index contributed by atoms with van der Waals surface area (Å²) >= 11 is 0. The van der Waals surface area contributed by atoms with Gasteiger partial charge in [0.05, 0.1) is 17.9 Å². The lowest BCUT2D eigenvalue weighted by Crippen LogP contribution is -2.26. The highest BCUT2D eigenvalue weighted by Crippen LogP contribution is 2.22. The summed E-state index contributed by atoms with van der Waals surface area (Å²) < 4.78 is 22.7. The highest BCUT2D eigenvalue weighted by Gasteiger charge is 2.27. The molecule has 4 nitrogen and oxygen atoms in total. The number of carbonyl (C=O) groups excluding carboxylic acids is 1. The fraction of sp³-hybridized carbons (Fsp3) is 0.562. The Kier molecular flexibility index (Phi) is 5.39. The van der Waals surface area contributed by atoms with Gasteiger partial charge in [0.25, 0.3) is 0 Å². The summed E-state index contributed by atoms with van der Waals surface area (Å²) in [6.45, 7) is 2.65. The monoisotopic (exact) mass is 309 g/mol. The van der Waals surface area contributed by atoms with Gasteiger partial charge in [-0.2, -0.15) is 0 Å². The Hall–Kier alpha value is -1.36. The summed E-state index contributed by atoms with van der Waals surface area (Å²) in [5.41, 5.74) is 2.20. The third-order valence-corrected chi connectivity index (χ3v) is 5.76. The van der Waals surface area contributed by atoms with Gasteiger partial charge < -0.3 is 5.32 Å². The van der Waals surface area contributed by atoms with Crippen LogP contribution < -0.4 is 5.32 Å². The molecule has 5 heteroatoms. The fourth-order valence-electron chi connectivity index (χ4n) is 2.67. The maximum absolute atomic E-state index is 11.8. The van der Waals surface area contributed by atoms with Crippen LogP contribution in [0.1, 0.15) is 30.4 Å². The van der Waals surface area contributed by atoms with Crippen LogP contribution in [0, 0.1) is 12.8 Å². The summed E-state index contributed by atoms with van der Waals surface area (Å²) in [4.78, 5) is 11.8. The van der Waals surface area contributed by atoms with Gasteiger partial charge in [-0.25, -0.2) is 8.42 Å². The zero-order valence-electron chi connectivity index (χ0n) is 12.5. The molecule has 1 amide bonds. The molecule has 0 bridgehead atoms. The molecule has 1 atom stereocenters. The molecular formula is C16H23NO3S. The number of aryl methyl sites for hydroxylation is 1. The Labute approximate surface area is 126 Å². The van der Waals surface area contributed by atoms with E-state index < -0.39 is 9.84 Å². The molecule has 1 aliphatic heterocycles. The van der Waals surface area contributed by atoms with E-state index in [1.807, 2.05) is 31.2 Å². The standard InChI is InChI=1S/C16H23NO3S/c1-13-4-6-14(7-5-13)11-16(18)17-9-2-3-15-8-10-21(19,20)12-15/h4-7,15H,2-3,8-12H2,1H3,(H,17,18). The lowest BCUT2D eigenvalue weighted by atomic mass is 10.0. The van der Waals surface area contributed by atoms with Crippen molar-refractivity contribution >= 4 is 15.7 Å². The normalized spacial score (nSPS) is 20.3. The number of benzene rings is 1. The Morgan fingerprint density at radius 2 is 2.00 bits per heavy atom. The highest BCUT2D eigenvalue weighted by molar-refractivity contribution is 7.91. The topological polar surface area (TPSA) is 63.2 Å². The number of hydrogen-bond donors (Lipinski definition) is 1. The van der Waals surface area contributed by atoms with E-state index in [1.54, 1.807) is 0 Å². The summed E-state index contributed by atoms with van der Waals surface area (Å²) in [5, 5.41) is 2.90. The first-order valence-corrected chi connectivity index (χ1v) is 9.29. The average Bonchev–Trinajstić information content (AvgIpc) is 2.77. The van der Waals surface area contributed by atoms with E-state index in [2.05, 4.69) is 5.32 Å². The van der Waals surface area contributed by atoms with Crippen molar-refractivity contribution in [3.63, 3.8) is 0 Å². The molecule has 1 aromatic rings. The number of nitrogens with one attached hydrogen (secondary N) is 1. The van der Waals surface area contributed by atoms with Crippen molar-refractivity contribution in [3.05, 3.63) is 35.4 Å². The third kappa shape index (κ3) is 5.50. The smallest absolute Gasteiger partial charge is 0.224 e. The molecular weight excluding hydrogens is 286 g/mol. The van der Waals surface area contributed by atoms with Gasteiger partial charge in [0.1, 0.15) is 0 Å². The van der Waals surface area contributed by atoms with Crippen LogP contribution in [-0.4, -0.2) is 32.4 Å². The highest BCUT2D eigenvalue weighted by atomic mass is 32.2. The van der Waals surface area contributed by atoms with Crippen molar-refractivity contribution < 1.29 is 13.2 Å². The van der Waals surface area contributed by atoms with E-state index in [1.165, 1.54) is 5.56 Å². The van der Waals surface area contributed by atoms with Gasteiger partial charge in [0.2, 0.25) is 5.91 Å². The largest absolute Gasteiger partial charge is 0.356 e. The van der Waals surface area contributed by atoms with Gasteiger partial charge in [0.15, 0.2) is 9.84 Å². The predicted octanol–water partition coefficient (Wildman–Crippen LogP) is 1.87. The molecule has 0 spiro atoms. The molecule has 0 radical (unpaired) electrons. The second-order valence-electron chi connectivity index (χ2n) is 5.92. The van der Waals surface area contributed by atoms with Crippen molar-refractivity contribution in [2.45, 2.75) is 32.6 Å². The molecule has 1 saturated heterocycles. The van der Waals surface area contributed by atoms with Crippen LogP contribution in [0.3, 0.4) is 0 Å². The van der Waals surface area contributed by atoms with Crippen LogP contribution in [0.2, 0.25) is 0 Å². The molecule has 1 aliphatic rings. The minimum Gasteiger partial charge on any atom is -0.356 e. The first kappa shape index (κ1) is 16.0. The van der Waals surface area contributed by atoms with Crippen molar-refractivity contribution in [1.82, 2.24) is 5.32 Å². The molecule has 116 valence electrons. The summed E-state index contributed by atoms with van der Waals surface area (Å²) in [7, 11) is -2.78. The molecule has 1 aromatic carbocycles. The minimum absolute atomic E-state index is 0.0258. The second-order valence-corrected chi connectivity index (χ2v) is 8.15. The predicted molar refractivity (Wildman–Crippen MR) is 83.9 cm³/mol. The van der Waals surface area contributed by atoms with E-state index in [0.29, 0.717) is 24.5 Å². The number of rotatable bonds is 6. The third-order valence-electron chi connectivity index (χ3n) is 3.92. The lowest BCUT2D eigenvalue weighted by molar-refractivity contribution is -0.120. The average molecular weight is 309 g/mol. The van der Waals surface area contributed by atoms with Crippen molar-refractivity contribution in [2.75, 3.05) is 18.1 Å². The Balaban J connectivity index is 1.62. The zero-order chi connectivity index (χ0) is 15.3. The van der Waals surface area contributed by atoms with Gasteiger partial charge in [0, 0.05) is 6.54 Å². The molecule has 0 aromatic heterocycles. The molecule has 1 N–H and O–H groups in total. The van der Waals surface area contributed by atoms with Gasteiger partial charge in [-0.15, -0.1) is 0 Å². The van der Waals surface area contributed by atoms with Crippen LogP contribution >= 0.6 is 0 Å². The van der Waals surface area contributed by atoms with Gasteiger partial charge >= 0.3 is 0 Å². The molecule has 2 rings (SSSR count). The maximum atomic E-state index is 11.8. The van der Waals surface area contributed by atoms with E-state index in [0.717, 1.165) is 24.8 Å². The van der Waals surface area contributed by atoms with Crippen molar-refractivity contribution in [2.24, 2.45) is 5.92 Å². The molecule has 1 fully saturated rings. The van der Waals surface area contributed by atoms with E-state index in [4.69, 9.17) is 0 Å². The van der Waals surface area contributed by atoms with Crippen LogP contribution in [-0.2, 0) is 21.1 Å². The molecule has 1 heterocycles. The first-order valence-electron chi connectivity index (χ1n) is 7.47. The maximum Gasteiger partial charge on any atom is 0.224 e. The molecule has 0 saturated carbocycles. The van der Waals surface area contributed by atoms with Gasteiger partial charge in [-0.3, -0.25) is 4.79 Å². The van der Waals surface area contributed by atoms with E-state index >= 15 is 0 Å². The number of hydrogen-bond acceptors (Lipinski definition) is 3. The van der Waals surface area contributed by atoms with Crippen LogP contribution in [0.4, 0.5) is 0 Å². The minimum atomic E-state index is -2.78. The van der Waals surface area contributed by atoms with Crippen LogP contribution in [0.5, 0.6) is 0 Å². The summed E-state index contributed by atoms with van der Waals surface area (Å²) in [6, 6.07) is 7.95. The van der Waals surface area contributed by atoms with Crippen molar-refractivity contribution in [1.29, 1.82) is 0 Å². The van der Waals surface area contributed by atoms with Gasteiger partial charge in [-0.05, 0) is 37.7 Å². The first-order chi connectivity index (χ1) is 9.94. The quantitative estimate of drug-likeness (QED) is 0.816. The van der Waals surface area contributed by atoms with Crippen molar-refractivity contribution in [3.8, 4) is 0 Å². The Morgan fingerprint density at radius 3 is 2.62 bits per heavy atom. The van der Waals surface area contributed by atoms with Gasteiger partial charge in [-0.1, -0.05) is 29.8 Å². The number of sulfone groups is 1. The number of carbonyl (C=O) groups is 1. The SMILES string of the molecule is Cc1ccc(CC(=O)NCCCC2CCS(=O)(=O)C2)cc1. The molecule has 1 unspecified atom stereocenters. The van der Waals surface area contributed by atoms with E-state index in [9.17, 15) is 13.2 Å². The van der Waals surface area contributed by atoms with Crippen LogP contribution in [0.25, 0.3) is 0 Å². The van der Waals surface area contributed by atoms with Crippen LogP contribution in [0.15, 0.2) is 24.3 Å². The van der Waals surface area contributed by atoms with E-state index in [-0.39, 0.29) is 11.8 Å². The second kappa shape index (κ2) is 7.07. The molecule has 0 aliphatic carbocycles. The Morgan fingerprint density at radius 1 is 1.29 bits per heavy atom. The summed E-state index contributed by atoms with van der Waals surface area (Å²) in [5.74, 6) is 0.962.